The largest absolute Gasteiger partial charge is 0.481 e. The molecule has 1 fully saturated rings. The number of rotatable bonds is 3. The van der Waals surface area contributed by atoms with Gasteiger partial charge in [0.15, 0.2) is 18.2 Å². The predicted molar refractivity (Wildman–Crippen MR) is 66.2 cm³/mol. The molecule has 1 saturated heterocycles. The molecule has 1 heterocycles. The molecule has 0 spiro atoms. The number of carbonyl (C=O) groups is 3. The Balaban J connectivity index is 2.01. The first kappa shape index (κ1) is 14.9. The Bertz CT molecular complexity index is 606. The zero-order valence-electron chi connectivity index (χ0n) is 11.1. The fraction of sp³-hybridized carbons (Fsp3) is 0.308. The summed E-state index contributed by atoms with van der Waals surface area (Å²) in [6.45, 7) is 0.618. The van der Waals surface area contributed by atoms with Gasteiger partial charge >= 0.3 is 0 Å². The van der Waals surface area contributed by atoms with Crippen molar-refractivity contribution in [1.82, 2.24) is 10.2 Å². The molecule has 1 atom stereocenters. The summed E-state index contributed by atoms with van der Waals surface area (Å²) < 4.78 is 31.0. The monoisotopic (exact) mass is 298 g/mol. The van der Waals surface area contributed by atoms with Crippen molar-refractivity contribution in [2.45, 2.75) is 13.0 Å². The molecule has 8 heteroatoms. The van der Waals surface area contributed by atoms with Gasteiger partial charge in [0.25, 0.3) is 5.91 Å². The zero-order valence-corrected chi connectivity index (χ0v) is 11.1. The van der Waals surface area contributed by atoms with Crippen molar-refractivity contribution in [3.8, 4) is 5.75 Å². The highest BCUT2D eigenvalue weighted by molar-refractivity contribution is 6.04. The summed E-state index contributed by atoms with van der Waals surface area (Å²) in [5.74, 6) is -3.83. The molecule has 0 radical (unpaired) electrons. The molecule has 0 aromatic heterocycles. The molecule has 6 nitrogen and oxygen atoms in total. The van der Waals surface area contributed by atoms with Gasteiger partial charge in [-0.25, -0.2) is 8.78 Å². The van der Waals surface area contributed by atoms with E-state index in [-0.39, 0.29) is 12.3 Å². The maximum atomic E-state index is 13.3. The normalized spacial score (nSPS) is 18.4. The van der Waals surface area contributed by atoms with Crippen molar-refractivity contribution in [2.24, 2.45) is 0 Å². The number of imide groups is 1. The van der Waals surface area contributed by atoms with Gasteiger partial charge in [0.2, 0.25) is 11.8 Å². The Hall–Kier alpha value is -2.51. The third kappa shape index (κ3) is 3.33. The van der Waals surface area contributed by atoms with Crippen molar-refractivity contribution in [2.75, 3.05) is 13.2 Å². The van der Waals surface area contributed by atoms with Crippen LogP contribution in [0.5, 0.6) is 5.75 Å². The van der Waals surface area contributed by atoms with Gasteiger partial charge < -0.3 is 9.64 Å². The third-order valence-electron chi connectivity index (χ3n) is 2.99. The van der Waals surface area contributed by atoms with Crippen molar-refractivity contribution in [3.63, 3.8) is 0 Å². The molecule has 1 N–H and O–H groups in total. The van der Waals surface area contributed by atoms with Crippen LogP contribution in [0.3, 0.4) is 0 Å². The van der Waals surface area contributed by atoms with Gasteiger partial charge in [0, 0.05) is 6.07 Å². The third-order valence-corrected chi connectivity index (χ3v) is 2.99. The van der Waals surface area contributed by atoms with Crippen LogP contribution < -0.4 is 10.1 Å². The van der Waals surface area contributed by atoms with Crippen LogP contribution in [0.4, 0.5) is 8.78 Å². The van der Waals surface area contributed by atoms with Crippen LogP contribution in [0, 0.1) is 11.6 Å². The molecule has 1 aromatic carbocycles. The molecule has 1 unspecified atom stereocenters. The Morgan fingerprint density at radius 2 is 2.14 bits per heavy atom. The van der Waals surface area contributed by atoms with Gasteiger partial charge in [-0.15, -0.1) is 0 Å². The smallest absolute Gasteiger partial charge is 0.261 e. The van der Waals surface area contributed by atoms with Gasteiger partial charge in [-0.1, -0.05) is 0 Å². The minimum atomic E-state index is -0.941. The summed E-state index contributed by atoms with van der Waals surface area (Å²) in [7, 11) is 0. The van der Waals surface area contributed by atoms with Gasteiger partial charge in [-0.2, -0.15) is 0 Å². The Morgan fingerprint density at radius 1 is 1.43 bits per heavy atom. The minimum absolute atomic E-state index is 0.277. The first-order valence-electron chi connectivity index (χ1n) is 6.09. The van der Waals surface area contributed by atoms with Crippen molar-refractivity contribution < 1.29 is 27.9 Å². The number of hydrogen-bond donors (Lipinski definition) is 1. The maximum absolute atomic E-state index is 13.3. The first-order valence-corrected chi connectivity index (χ1v) is 6.09. The molecule has 1 aromatic rings. The number of benzene rings is 1. The lowest BCUT2D eigenvalue weighted by molar-refractivity contribution is -0.150. The van der Waals surface area contributed by atoms with Crippen molar-refractivity contribution in [3.05, 3.63) is 29.8 Å². The Labute approximate surface area is 118 Å². The van der Waals surface area contributed by atoms with E-state index in [1.165, 1.54) is 6.92 Å². The maximum Gasteiger partial charge on any atom is 0.261 e. The standard InChI is InChI=1S/C13H12F2N2O4/c1-7-13(20)16-11(18)5-17(7)12(19)6-21-10-3-2-8(14)4-9(10)15/h2-4,7H,5-6H2,1H3,(H,16,18,20). The summed E-state index contributed by atoms with van der Waals surface area (Å²) >= 11 is 0. The topological polar surface area (TPSA) is 75.7 Å². The summed E-state index contributed by atoms with van der Waals surface area (Å²) in [5, 5.41) is 2.09. The lowest BCUT2D eigenvalue weighted by atomic mass is 10.2. The van der Waals surface area contributed by atoms with Crippen LogP contribution in [-0.2, 0) is 14.4 Å². The van der Waals surface area contributed by atoms with E-state index in [1.807, 2.05) is 0 Å². The number of nitrogens with one attached hydrogen (secondary N) is 1. The summed E-state index contributed by atoms with van der Waals surface area (Å²) in [4.78, 5) is 35.6. The average Bonchev–Trinajstić information content (AvgIpc) is 2.41. The van der Waals surface area contributed by atoms with Crippen LogP contribution in [0.15, 0.2) is 18.2 Å². The molecule has 21 heavy (non-hydrogen) atoms. The molecular formula is C13H12F2N2O4. The average molecular weight is 298 g/mol. The summed E-state index contributed by atoms with van der Waals surface area (Å²) in [5.41, 5.74) is 0. The van der Waals surface area contributed by atoms with E-state index >= 15 is 0 Å². The summed E-state index contributed by atoms with van der Waals surface area (Å²) in [6.07, 6.45) is 0. The molecule has 0 saturated carbocycles. The van der Waals surface area contributed by atoms with E-state index in [0.717, 1.165) is 17.0 Å². The zero-order chi connectivity index (χ0) is 15.6. The van der Waals surface area contributed by atoms with Gasteiger partial charge in [-0.3, -0.25) is 19.7 Å². The molecule has 0 bridgehead atoms. The van der Waals surface area contributed by atoms with Crippen LogP contribution in [0.25, 0.3) is 0 Å². The molecule has 2 rings (SSSR count). The Morgan fingerprint density at radius 3 is 2.81 bits per heavy atom. The number of nitrogens with zero attached hydrogens (tertiary/aromatic N) is 1. The van der Waals surface area contributed by atoms with E-state index in [2.05, 4.69) is 5.32 Å². The molecule has 1 aliphatic heterocycles. The quantitative estimate of drug-likeness (QED) is 0.810. The predicted octanol–water partition coefficient (Wildman–Crippen LogP) is 0.217. The minimum Gasteiger partial charge on any atom is -0.481 e. The fourth-order valence-corrected chi connectivity index (χ4v) is 1.83. The van der Waals surface area contributed by atoms with E-state index in [9.17, 15) is 23.2 Å². The molecule has 112 valence electrons. The van der Waals surface area contributed by atoms with E-state index in [4.69, 9.17) is 4.74 Å². The lowest BCUT2D eigenvalue weighted by Gasteiger charge is -2.31. The SMILES string of the molecule is CC1C(=O)NC(=O)CN1C(=O)COc1ccc(F)cc1F. The van der Waals surface area contributed by atoms with Crippen LogP contribution in [0.2, 0.25) is 0 Å². The van der Waals surface area contributed by atoms with Gasteiger partial charge in [0.1, 0.15) is 18.4 Å². The molecule has 0 aliphatic carbocycles. The van der Waals surface area contributed by atoms with Crippen LogP contribution in [0.1, 0.15) is 6.92 Å². The van der Waals surface area contributed by atoms with E-state index in [0.29, 0.717) is 6.07 Å². The second-order valence-corrected chi connectivity index (χ2v) is 4.47. The van der Waals surface area contributed by atoms with Crippen LogP contribution >= 0.6 is 0 Å². The fourth-order valence-electron chi connectivity index (χ4n) is 1.83. The number of carbonyl (C=O) groups excluding carboxylic acids is 3. The summed E-state index contributed by atoms with van der Waals surface area (Å²) in [6, 6.07) is 1.84. The van der Waals surface area contributed by atoms with Crippen LogP contribution in [-0.4, -0.2) is 41.8 Å². The number of halogens is 2. The van der Waals surface area contributed by atoms with Gasteiger partial charge in [-0.05, 0) is 19.1 Å². The highest BCUT2D eigenvalue weighted by Gasteiger charge is 2.33. The number of ether oxygens (including phenoxy) is 1. The highest BCUT2D eigenvalue weighted by atomic mass is 19.1. The molecular weight excluding hydrogens is 286 g/mol. The van der Waals surface area contributed by atoms with E-state index in [1.54, 1.807) is 0 Å². The highest BCUT2D eigenvalue weighted by Crippen LogP contribution is 2.17. The van der Waals surface area contributed by atoms with E-state index < -0.39 is 42.0 Å². The van der Waals surface area contributed by atoms with Gasteiger partial charge in [0.05, 0.1) is 0 Å². The second kappa shape index (κ2) is 5.86. The lowest BCUT2D eigenvalue weighted by Crippen LogP contribution is -2.59. The van der Waals surface area contributed by atoms with Crippen molar-refractivity contribution >= 4 is 17.7 Å². The number of amides is 3. The number of hydrogen-bond acceptors (Lipinski definition) is 4. The first-order chi connectivity index (χ1) is 9.88. The number of piperazine rings is 1. The molecule has 1 aliphatic rings. The second-order valence-electron chi connectivity index (χ2n) is 4.47. The van der Waals surface area contributed by atoms with Crippen molar-refractivity contribution in [1.29, 1.82) is 0 Å². The Kier molecular flexibility index (Phi) is 4.15. The molecule has 3 amide bonds.